The van der Waals surface area contributed by atoms with Crippen LogP contribution in [0.4, 0.5) is 11.8 Å². The predicted molar refractivity (Wildman–Crippen MR) is 53.3 cm³/mol. The first-order chi connectivity index (χ1) is 7.11. The fraction of sp³-hybridized carbons (Fsp3) is 0.143. The number of anilines is 2. The molecule has 5 N–H and O–H groups in total. The zero-order valence-electron chi connectivity index (χ0n) is 7.81. The van der Waals surface area contributed by atoms with Crippen molar-refractivity contribution in [3.8, 4) is 5.88 Å². The quantitative estimate of drug-likeness (QED) is 0.540. The standard InChI is InChI=1S/C7H8N6O2/c1-15-5-2-3(8)10-7(14)12-4(2)11-6(9)13-5/h1H3,(H5,8,9,10,11,12,13,14). The van der Waals surface area contributed by atoms with Gasteiger partial charge in [0.25, 0.3) is 0 Å². The Labute approximate surface area is 83.3 Å². The molecule has 0 atom stereocenters. The topological polar surface area (TPSA) is 133 Å². The van der Waals surface area contributed by atoms with Gasteiger partial charge in [-0.15, -0.1) is 0 Å². The first-order valence-corrected chi connectivity index (χ1v) is 3.99. The number of H-pyrrole nitrogens is 1. The lowest BCUT2D eigenvalue weighted by Gasteiger charge is -2.05. The Morgan fingerprint density at radius 2 is 2.00 bits per heavy atom. The molecule has 2 aromatic rings. The summed E-state index contributed by atoms with van der Waals surface area (Å²) in [5.41, 5.74) is 10.5. The Bertz CT molecular complexity index is 577. The van der Waals surface area contributed by atoms with Crippen molar-refractivity contribution < 1.29 is 4.74 Å². The second-order valence-corrected chi connectivity index (χ2v) is 2.75. The predicted octanol–water partition coefficient (Wildman–Crippen LogP) is -1.11. The highest BCUT2D eigenvalue weighted by molar-refractivity contribution is 5.90. The van der Waals surface area contributed by atoms with Gasteiger partial charge in [0.1, 0.15) is 11.2 Å². The monoisotopic (exact) mass is 208 g/mol. The number of ether oxygens (including phenoxy) is 1. The second-order valence-electron chi connectivity index (χ2n) is 2.75. The van der Waals surface area contributed by atoms with Crippen LogP contribution in [0.3, 0.4) is 0 Å². The number of nitrogen functional groups attached to an aromatic ring is 2. The first kappa shape index (κ1) is 9.19. The summed E-state index contributed by atoms with van der Waals surface area (Å²) in [6.45, 7) is 0. The van der Waals surface area contributed by atoms with Gasteiger partial charge < -0.3 is 16.2 Å². The third kappa shape index (κ3) is 1.41. The lowest BCUT2D eigenvalue weighted by Crippen LogP contribution is -2.15. The van der Waals surface area contributed by atoms with Gasteiger partial charge in [-0.25, -0.2) is 4.79 Å². The normalized spacial score (nSPS) is 10.5. The van der Waals surface area contributed by atoms with Crippen LogP contribution in [0.1, 0.15) is 0 Å². The zero-order chi connectivity index (χ0) is 11.0. The summed E-state index contributed by atoms with van der Waals surface area (Å²) in [6, 6.07) is 0. The van der Waals surface area contributed by atoms with Gasteiger partial charge in [0.15, 0.2) is 5.65 Å². The van der Waals surface area contributed by atoms with Crippen LogP contribution in [0.2, 0.25) is 0 Å². The number of methoxy groups -OCH3 is 1. The van der Waals surface area contributed by atoms with Crippen LogP contribution in [-0.2, 0) is 0 Å². The second kappa shape index (κ2) is 3.08. The minimum atomic E-state index is -0.597. The van der Waals surface area contributed by atoms with E-state index in [1.54, 1.807) is 0 Å². The van der Waals surface area contributed by atoms with E-state index in [1.807, 2.05) is 0 Å². The van der Waals surface area contributed by atoms with Crippen LogP contribution in [0.15, 0.2) is 4.79 Å². The number of fused-ring (bicyclic) bond motifs is 1. The van der Waals surface area contributed by atoms with E-state index < -0.39 is 5.69 Å². The summed E-state index contributed by atoms with van der Waals surface area (Å²) in [5, 5.41) is 0.339. The molecule has 0 aliphatic rings. The Kier molecular flexibility index (Phi) is 1.89. The van der Waals surface area contributed by atoms with E-state index in [0.29, 0.717) is 5.39 Å². The average molecular weight is 208 g/mol. The molecule has 2 rings (SSSR count). The van der Waals surface area contributed by atoms with Gasteiger partial charge in [-0.1, -0.05) is 0 Å². The molecule has 0 saturated heterocycles. The molecule has 0 aromatic carbocycles. The fourth-order valence-electron chi connectivity index (χ4n) is 1.21. The number of nitrogens with two attached hydrogens (primary N) is 2. The molecule has 78 valence electrons. The first-order valence-electron chi connectivity index (χ1n) is 3.99. The van der Waals surface area contributed by atoms with E-state index in [-0.39, 0.29) is 23.3 Å². The number of aromatic nitrogens is 4. The zero-order valence-corrected chi connectivity index (χ0v) is 7.81. The summed E-state index contributed by atoms with van der Waals surface area (Å²) in [4.78, 5) is 24.5. The lowest BCUT2D eigenvalue weighted by atomic mass is 10.3. The maximum Gasteiger partial charge on any atom is 0.348 e. The van der Waals surface area contributed by atoms with Crippen molar-refractivity contribution in [2.75, 3.05) is 18.6 Å². The van der Waals surface area contributed by atoms with Crippen LogP contribution >= 0.6 is 0 Å². The van der Waals surface area contributed by atoms with Gasteiger partial charge >= 0.3 is 5.69 Å². The molecule has 8 nitrogen and oxygen atoms in total. The van der Waals surface area contributed by atoms with Crippen LogP contribution in [0.25, 0.3) is 11.0 Å². The Morgan fingerprint density at radius 3 is 2.67 bits per heavy atom. The molecule has 8 heteroatoms. The van der Waals surface area contributed by atoms with E-state index in [0.717, 1.165) is 0 Å². The number of aromatic amines is 1. The summed E-state index contributed by atoms with van der Waals surface area (Å²) in [7, 11) is 1.41. The van der Waals surface area contributed by atoms with Crippen LogP contribution < -0.4 is 21.9 Å². The highest BCUT2D eigenvalue weighted by Crippen LogP contribution is 2.24. The van der Waals surface area contributed by atoms with Crippen LogP contribution in [0, 0.1) is 0 Å². The van der Waals surface area contributed by atoms with Crippen molar-refractivity contribution in [2.45, 2.75) is 0 Å². The Hall–Kier alpha value is -2.38. The van der Waals surface area contributed by atoms with Crippen molar-refractivity contribution in [1.82, 2.24) is 19.9 Å². The number of nitrogens with zero attached hydrogens (tertiary/aromatic N) is 3. The minimum Gasteiger partial charge on any atom is -0.480 e. The highest BCUT2D eigenvalue weighted by atomic mass is 16.5. The van der Waals surface area contributed by atoms with Crippen molar-refractivity contribution in [3.63, 3.8) is 0 Å². The van der Waals surface area contributed by atoms with Crippen molar-refractivity contribution in [1.29, 1.82) is 0 Å². The molecule has 0 aliphatic heterocycles. The summed E-state index contributed by atoms with van der Waals surface area (Å²) < 4.78 is 4.96. The molecule has 0 aliphatic carbocycles. The number of nitrogens with one attached hydrogen (secondary N) is 1. The molecule has 0 fully saturated rings. The summed E-state index contributed by atoms with van der Waals surface area (Å²) in [5.74, 6) is 0.248. The molecule has 0 unspecified atom stereocenters. The smallest absolute Gasteiger partial charge is 0.348 e. The third-order valence-corrected chi connectivity index (χ3v) is 1.79. The van der Waals surface area contributed by atoms with E-state index in [4.69, 9.17) is 16.2 Å². The van der Waals surface area contributed by atoms with Gasteiger partial charge in [0, 0.05) is 0 Å². The van der Waals surface area contributed by atoms with E-state index >= 15 is 0 Å². The SMILES string of the molecule is COc1nc(N)nc2nc(=O)[nH]c(N)c12. The Balaban J connectivity index is 2.96. The minimum absolute atomic E-state index is 0.0307. The molecule has 0 saturated carbocycles. The molecule has 0 radical (unpaired) electrons. The van der Waals surface area contributed by atoms with E-state index in [2.05, 4.69) is 19.9 Å². The number of rotatable bonds is 1. The van der Waals surface area contributed by atoms with Crippen LogP contribution in [-0.4, -0.2) is 27.0 Å². The van der Waals surface area contributed by atoms with Crippen molar-refractivity contribution >= 4 is 22.8 Å². The lowest BCUT2D eigenvalue weighted by molar-refractivity contribution is 0.403. The van der Waals surface area contributed by atoms with Crippen molar-refractivity contribution in [3.05, 3.63) is 10.5 Å². The van der Waals surface area contributed by atoms with E-state index in [1.165, 1.54) is 7.11 Å². The molecule has 2 heterocycles. The summed E-state index contributed by atoms with van der Waals surface area (Å²) >= 11 is 0. The third-order valence-electron chi connectivity index (χ3n) is 1.79. The fourth-order valence-corrected chi connectivity index (χ4v) is 1.21. The van der Waals surface area contributed by atoms with E-state index in [9.17, 15) is 4.79 Å². The Morgan fingerprint density at radius 1 is 1.27 bits per heavy atom. The molecule has 0 spiro atoms. The molecular formula is C7H8N6O2. The maximum absolute atomic E-state index is 11.0. The summed E-state index contributed by atoms with van der Waals surface area (Å²) in [6.07, 6.45) is 0. The molecule has 0 amide bonds. The van der Waals surface area contributed by atoms with Gasteiger partial charge in [-0.3, -0.25) is 4.98 Å². The van der Waals surface area contributed by atoms with Gasteiger partial charge in [-0.05, 0) is 0 Å². The molecule has 15 heavy (non-hydrogen) atoms. The molecule has 2 aromatic heterocycles. The maximum atomic E-state index is 11.0. The van der Waals surface area contributed by atoms with Crippen LogP contribution in [0.5, 0.6) is 5.88 Å². The van der Waals surface area contributed by atoms with Gasteiger partial charge in [0.2, 0.25) is 11.8 Å². The van der Waals surface area contributed by atoms with Gasteiger partial charge in [0.05, 0.1) is 7.11 Å². The highest BCUT2D eigenvalue weighted by Gasteiger charge is 2.12. The number of hydrogen-bond acceptors (Lipinski definition) is 7. The number of hydrogen-bond donors (Lipinski definition) is 3. The average Bonchev–Trinajstić information content (AvgIpc) is 2.14. The van der Waals surface area contributed by atoms with Gasteiger partial charge in [-0.2, -0.15) is 15.0 Å². The molecule has 0 bridgehead atoms. The van der Waals surface area contributed by atoms with Crippen molar-refractivity contribution in [2.24, 2.45) is 0 Å². The largest absolute Gasteiger partial charge is 0.480 e. The molecular weight excluding hydrogens is 200 g/mol.